The van der Waals surface area contributed by atoms with E-state index in [1.807, 2.05) is 55.5 Å². The molecule has 0 bridgehead atoms. The third-order valence-electron chi connectivity index (χ3n) is 3.22. The molecule has 2 rings (SSSR count). The van der Waals surface area contributed by atoms with Crippen LogP contribution in [0.4, 0.5) is 11.4 Å². The van der Waals surface area contributed by atoms with E-state index < -0.39 is 0 Å². The zero-order valence-corrected chi connectivity index (χ0v) is 13.1. The van der Waals surface area contributed by atoms with Crippen molar-refractivity contribution in [3.63, 3.8) is 0 Å². The van der Waals surface area contributed by atoms with E-state index in [0.29, 0.717) is 5.69 Å². The van der Waals surface area contributed by atoms with Crippen molar-refractivity contribution < 1.29 is 4.79 Å². The summed E-state index contributed by atoms with van der Waals surface area (Å²) >= 11 is 1.47. The van der Waals surface area contributed by atoms with Crippen LogP contribution in [0.1, 0.15) is 19.4 Å². The van der Waals surface area contributed by atoms with Gasteiger partial charge in [-0.1, -0.05) is 31.2 Å². The van der Waals surface area contributed by atoms with E-state index in [1.54, 1.807) is 0 Å². The normalized spacial score (nSPS) is 11.9. The Balaban J connectivity index is 1.97. The van der Waals surface area contributed by atoms with Crippen molar-refractivity contribution >= 4 is 29.0 Å². The SMILES string of the molecule is CCc1ccc(NC(=O)C(C)Sc2ccccc2N)cc1. The van der Waals surface area contributed by atoms with Gasteiger partial charge in [-0.2, -0.15) is 0 Å². The third kappa shape index (κ3) is 4.26. The number of anilines is 2. The fraction of sp³-hybridized carbons (Fsp3) is 0.235. The molecule has 1 amide bonds. The number of hydrogen-bond acceptors (Lipinski definition) is 3. The number of nitrogens with one attached hydrogen (secondary N) is 1. The highest BCUT2D eigenvalue weighted by atomic mass is 32.2. The molecule has 0 aliphatic carbocycles. The fourth-order valence-electron chi connectivity index (χ4n) is 1.90. The molecule has 21 heavy (non-hydrogen) atoms. The molecule has 0 saturated carbocycles. The van der Waals surface area contributed by atoms with Gasteiger partial charge in [0.15, 0.2) is 0 Å². The number of nitrogen functional groups attached to an aromatic ring is 1. The Morgan fingerprint density at radius 3 is 2.48 bits per heavy atom. The number of carbonyl (C=O) groups is 1. The van der Waals surface area contributed by atoms with Crippen molar-refractivity contribution in [2.45, 2.75) is 30.4 Å². The fourth-order valence-corrected chi connectivity index (χ4v) is 2.81. The lowest BCUT2D eigenvalue weighted by Gasteiger charge is -2.13. The van der Waals surface area contributed by atoms with Gasteiger partial charge in [-0.25, -0.2) is 0 Å². The summed E-state index contributed by atoms with van der Waals surface area (Å²) in [7, 11) is 0. The third-order valence-corrected chi connectivity index (χ3v) is 4.42. The number of thioether (sulfide) groups is 1. The standard InChI is InChI=1S/C17H20N2OS/c1-3-13-8-10-14(11-9-13)19-17(20)12(2)21-16-7-5-4-6-15(16)18/h4-12H,3,18H2,1-2H3,(H,19,20). The summed E-state index contributed by atoms with van der Waals surface area (Å²) in [6.07, 6.45) is 0.994. The van der Waals surface area contributed by atoms with Gasteiger partial charge in [-0.15, -0.1) is 11.8 Å². The largest absolute Gasteiger partial charge is 0.398 e. The van der Waals surface area contributed by atoms with Crippen molar-refractivity contribution in [1.29, 1.82) is 0 Å². The number of nitrogens with two attached hydrogens (primary N) is 1. The summed E-state index contributed by atoms with van der Waals surface area (Å²) in [6, 6.07) is 15.5. The van der Waals surface area contributed by atoms with Gasteiger partial charge in [-0.3, -0.25) is 4.79 Å². The minimum absolute atomic E-state index is 0.0208. The minimum Gasteiger partial charge on any atom is -0.398 e. The quantitative estimate of drug-likeness (QED) is 0.649. The van der Waals surface area contributed by atoms with E-state index in [9.17, 15) is 4.79 Å². The van der Waals surface area contributed by atoms with E-state index in [2.05, 4.69) is 12.2 Å². The monoisotopic (exact) mass is 300 g/mol. The van der Waals surface area contributed by atoms with Crippen LogP contribution in [0.2, 0.25) is 0 Å². The Hall–Kier alpha value is -1.94. The second kappa shape index (κ2) is 7.18. The first kappa shape index (κ1) is 15.4. The molecule has 0 aliphatic rings. The van der Waals surface area contributed by atoms with E-state index in [1.165, 1.54) is 17.3 Å². The van der Waals surface area contributed by atoms with Crippen molar-refractivity contribution in [2.75, 3.05) is 11.1 Å². The Kier molecular flexibility index (Phi) is 5.28. The molecular formula is C17H20N2OS. The topological polar surface area (TPSA) is 55.1 Å². The van der Waals surface area contributed by atoms with Gasteiger partial charge in [0.25, 0.3) is 0 Å². The Morgan fingerprint density at radius 1 is 1.19 bits per heavy atom. The predicted molar refractivity (Wildman–Crippen MR) is 90.6 cm³/mol. The molecule has 2 aromatic rings. The molecule has 2 aromatic carbocycles. The number of hydrogen-bond donors (Lipinski definition) is 2. The van der Waals surface area contributed by atoms with Crippen LogP contribution in [-0.2, 0) is 11.2 Å². The van der Waals surface area contributed by atoms with Gasteiger partial charge in [0, 0.05) is 16.3 Å². The molecule has 0 heterocycles. The Morgan fingerprint density at radius 2 is 1.86 bits per heavy atom. The lowest BCUT2D eigenvalue weighted by Crippen LogP contribution is -2.22. The molecule has 0 radical (unpaired) electrons. The van der Waals surface area contributed by atoms with E-state index in [4.69, 9.17) is 5.73 Å². The van der Waals surface area contributed by atoms with E-state index in [-0.39, 0.29) is 11.2 Å². The maximum atomic E-state index is 12.2. The average molecular weight is 300 g/mol. The summed E-state index contributed by atoms with van der Waals surface area (Å²) in [5.41, 5.74) is 8.69. The lowest BCUT2D eigenvalue weighted by molar-refractivity contribution is -0.115. The number of amides is 1. The molecule has 0 fully saturated rings. The van der Waals surface area contributed by atoms with Crippen molar-refractivity contribution in [2.24, 2.45) is 0 Å². The maximum Gasteiger partial charge on any atom is 0.237 e. The lowest BCUT2D eigenvalue weighted by atomic mass is 10.1. The summed E-state index contributed by atoms with van der Waals surface area (Å²) in [6.45, 7) is 3.99. The number of rotatable bonds is 5. The zero-order valence-electron chi connectivity index (χ0n) is 12.3. The Labute approximate surface area is 129 Å². The first-order valence-electron chi connectivity index (χ1n) is 7.01. The molecule has 0 aromatic heterocycles. The molecular weight excluding hydrogens is 280 g/mol. The minimum atomic E-state index is -0.208. The summed E-state index contributed by atoms with van der Waals surface area (Å²) in [5, 5.41) is 2.72. The number of aryl methyl sites for hydroxylation is 1. The molecule has 0 saturated heterocycles. The zero-order chi connectivity index (χ0) is 15.2. The maximum absolute atomic E-state index is 12.2. The van der Waals surface area contributed by atoms with Crippen LogP contribution < -0.4 is 11.1 Å². The second-order valence-electron chi connectivity index (χ2n) is 4.84. The smallest absolute Gasteiger partial charge is 0.237 e. The van der Waals surface area contributed by atoms with Gasteiger partial charge < -0.3 is 11.1 Å². The van der Waals surface area contributed by atoms with Crippen LogP contribution >= 0.6 is 11.8 Å². The van der Waals surface area contributed by atoms with Crippen molar-refractivity contribution in [1.82, 2.24) is 0 Å². The molecule has 110 valence electrons. The van der Waals surface area contributed by atoms with Crippen LogP contribution in [-0.4, -0.2) is 11.2 Å². The van der Waals surface area contributed by atoms with E-state index >= 15 is 0 Å². The summed E-state index contributed by atoms with van der Waals surface area (Å²) < 4.78 is 0. The van der Waals surface area contributed by atoms with Crippen LogP contribution in [0, 0.1) is 0 Å². The predicted octanol–water partition coefficient (Wildman–Crippen LogP) is 3.95. The average Bonchev–Trinajstić information content (AvgIpc) is 2.50. The van der Waals surface area contributed by atoms with Crippen LogP contribution in [0.3, 0.4) is 0 Å². The first-order valence-corrected chi connectivity index (χ1v) is 7.89. The second-order valence-corrected chi connectivity index (χ2v) is 6.22. The summed E-state index contributed by atoms with van der Waals surface area (Å²) in [5.74, 6) is -0.0208. The molecule has 1 atom stereocenters. The van der Waals surface area contributed by atoms with Crippen LogP contribution in [0.25, 0.3) is 0 Å². The summed E-state index contributed by atoms with van der Waals surface area (Å²) in [4.78, 5) is 13.1. The molecule has 4 heteroatoms. The molecule has 1 unspecified atom stereocenters. The highest BCUT2D eigenvalue weighted by Crippen LogP contribution is 2.28. The van der Waals surface area contributed by atoms with Crippen LogP contribution in [0.15, 0.2) is 53.4 Å². The highest BCUT2D eigenvalue weighted by molar-refractivity contribution is 8.00. The van der Waals surface area contributed by atoms with Gasteiger partial charge in [0.05, 0.1) is 5.25 Å². The van der Waals surface area contributed by atoms with Gasteiger partial charge in [-0.05, 0) is 43.2 Å². The van der Waals surface area contributed by atoms with Gasteiger partial charge >= 0.3 is 0 Å². The molecule has 0 aliphatic heterocycles. The molecule has 3 N–H and O–H groups in total. The van der Waals surface area contributed by atoms with E-state index in [0.717, 1.165) is 17.0 Å². The van der Waals surface area contributed by atoms with Crippen molar-refractivity contribution in [3.05, 3.63) is 54.1 Å². The number of para-hydroxylation sites is 1. The van der Waals surface area contributed by atoms with Gasteiger partial charge in [0.2, 0.25) is 5.91 Å². The number of carbonyl (C=O) groups excluding carboxylic acids is 1. The Bertz CT molecular complexity index is 610. The first-order chi connectivity index (χ1) is 10.1. The highest BCUT2D eigenvalue weighted by Gasteiger charge is 2.15. The number of benzene rings is 2. The molecule has 3 nitrogen and oxygen atoms in total. The van der Waals surface area contributed by atoms with Crippen LogP contribution in [0.5, 0.6) is 0 Å². The van der Waals surface area contributed by atoms with Gasteiger partial charge in [0.1, 0.15) is 0 Å². The molecule has 0 spiro atoms. The van der Waals surface area contributed by atoms with Crippen molar-refractivity contribution in [3.8, 4) is 0 Å².